The normalized spacial score (nSPS) is 10.2. The lowest BCUT2D eigenvalue weighted by Gasteiger charge is -1.96. The van der Waals surface area contributed by atoms with Gasteiger partial charge in [0.2, 0.25) is 0 Å². The van der Waals surface area contributed by atoms with Crippen LogP contribution >= 0.6 is 0 Å². The van der Waals surface area contributed by atoms with E-state index in [0.717, 1.165) is 0 Å². The van der Waals surface area contributed by atoms with Gasteiger partial charge >= 0.3 is 5.97 Å². The molecule has 0 bridgehead atoms. The lowest BCUT2D eigenvalue weighted by molar-refractivity contribution is -0.138. The highest BCUT2D eigenvalue weighted by atomic mass is 16.5. The van der Waals surface area contributed by atoms with E-state index in [1.54, 1.807) is 13.0 Å². The van der Waals surface area contributed by atoms with Crippen molar-refractivity contribution in [2.75, 3.05) is 13.2 Å². The van der Waals surface area contributed by atoms with E-state index in [4.69, 9.17) is 0 Å². The minimum Gasteiger partial charge on any atom is -0.462 e. The molecule has 0 heterocycles. The maximum absolute atomic E-state index is 10.5. The van der Waals surface area contributed by atoms with E-state index >= 15 is 0 Å². The molecular formula is C7H11O3. The van der Waals surface area contributed by atoms with E-state index < -0.39 is 0 Å². The second kappa shape index (κ2) is 6.29. The summed E-state index contributed by atoms with van der Waals surface area (Å²) in [4.78, 5) is 10.5. The van der Waals surface area contributed by atoms with Gasteiger partial charge in [-0.05, 0) is 6.92 Å². The monoisotopic (exact) mass is 143 g/mol. The first kappa shape index (κ1) is 9.17. The van der Waals surface area contributed by atoms with Gasteiger partial charge in [0.15, 0.2) is 0 Å². The van der Waals surface area contributed by atoms with Gasteiger partial charge in [0.1, 0.15) is 0 Å². The lowest BCUT2D eigenvalue weighted by Crippen LogP contribution is -2.02. The third-order valence-electron chi connectivity index (χ3n) is 0.836. The summed E-state index contributed by atoms with van der Waals surface area (Å²) in [6.07, 6.45) is 3.31. The Morgan fingerprint density at radius 3 is 2.80 bits per heavy atom. The Morgan fingerprint density at radius 2 is 2.30 bits per heavy atom. The lowest BCUT2D eigenvalue weighted by atomic mass is 10.5. The summed E-state index contributed by atoms with van der Waals surface area (Å²) in [5, 5.41) is 9.86. The van der Waals surface area contributed by atoms with Crippen molar-refractivity contribution < 1.29 is 14.6 Å². The fraction of sp³-hybridized carbons (Fsp3) is 0.571. The zero-order chi connectivity index (χ0) is 7.82. The first-order valence-electron chi connectivity index (χ1n) is 3.18. The quantitative estimate of drug-likeness (QED) is 0.334. The molecule has 0 aliphatic heterocycles. The highest BCUT2D eigenvalue weighted by molar-refractivity contribution is 5.81. The molecule has 0 amide bonds. The van der Waals surface area contributed by atoms with Gasteiger partial charge in [-0.2, -0.15) is 0 Å². The molecule has 0 saturated carbocycles. The van der Waals surface area contributed by atoms with Crippen molar-refractivity contribution in [3.63, 3.8) is 0 Å². The third-order valence-corrected chi connectivity index (χ3v) is 0.836. The van der Waals surface area contributed by atoms with E-state index in [1.165, 1.54) is 6.08 Å². The maximum atomic E-state index is 10.5. The van der Waals surface area contributed by atoms with Gasteiger partial charge in [-0.25, -0.2) is 9.90 Å². The van der Waals surface area contributed by atoms with Crippen LogP contribution in [0, 0.1) is 0 Å². The molecule has 57 valence electrons. The summed E-state index contributed by atoms with van der Waals surface area (Å²) < 4.78 is 4.60. The smallest absolute Gasteiger partial charge is 0.330 e. The zero-order valence-corrected chi connectivity index (χ0v) is 6.00. The topological polar surface area (TPSA) is 46.2 Å². The van der Waals surface area contributed by atoms with Gasteiger partial charge in [0, 0.05) is 12.5 Å². The van der Waals surface area contributed by atoms with E-state index in [1.807, 2.05) is 0 Å². The average Bonchev–Trinajstić information content (AvgIpc) is 1.89. The molecule has 0 atom stereocenters. The van der Waals surface area contributed by atoms with Crippen molar-refractivity contribution in [2.24, 2.45) is 0 Å². The van der Waals surface area contributed by atoms with Crippen LogP contribution in [0.25, 0.3) is 0 Å². The van der Waals surface area contributed by atoms with E-state index in [2.05, 4.69) is 4.74 Å². The Labute approximate surface area is 60.3 Å². The van der Waals surface area contributed by atoms with Crippen LogP contribution in [0.15, 0.2) is 12.2 Å². The Hall–Kier alpha value is -0.830. The predicted octanol–water partition coefficient (Wildman–Crippen LogP) is 0.926. The Bertz CT molecular complexity index is 118. The first-order chi connectivity index (χ1) is 4.81. The molecule has 0 rings (SSSR count). The number of hydrogen-bond acceptors (Lipinski definition) is 2. The van der Waals surface area contributed by atoms with Crippen molar-refractivity contribution in [3.05, 3.63) is 12.2 Å². The van der Waals surface area contributed by atoms with Gasteiger partial charge in [0.25, 0.3) is 0 Å². The predicted molar refractivity (Wildman–Crippen MR) is 35.9 cm³/mol. The van der Waals surface area contributed by atoms with Gasteiger partial charge in [-0.15, -0.1) is 0 Å². The number of rotatable bonds is 4. The van der Waals surface area contributed by atoms with Crippen molar-refractivity contribution in [3.8, 4) is 0 Å². The molecule has 10 heavy (non-hydrogen) atoms. The SMILES string of the molecule is CC=CC(=O)OCCC[O]. The van der Waals surface area contributed by atoms with Crippen molar-refractivity contribution in [2.45, 2.75) is 13.3 Å². The molecule has 0 aromatic carbocycles. The summed E-state index contributed by atoms with van der Waals surface area (Å²) in [7, 11) is 0. The van der Waals surface area contributed by atoms with Gasteiger partial charge in [0.05, 0.1) is 13.2 Å². The Morgan fingerprint density at radius 1 is 1.60 bits per heavy atom. The second-order valence-electron chi connectivity index (χ2n) is 1.73. The van der Waals surface area contributed by atoms with Crippen LogP contribution in [0.3, 0.4) is 0 Å². The van der Waals surface area contributed by atoms with Crippen molar-refractivity contribution in [1.82, 2.24) is 0 Å². The van der Waals surface area contributed by atoms with Gasteiger partial charge < -0.3 is 4.74 Å². The average molecular weight is 143 g/mol. The molecule has 1 radical (unpaired) electrons. The molecule has 0 saturated heterocycles. The van der Waals surface area contributed by atoms with Crippen LogP contribution in [0.2, 0.25) is 0 Å². The summed E-state index contributed by atoms with van der Waals surface area (Å²) >= 11 is 0. The molecule has 3 nitrogen and oxygen atoms in total. The summed E-state index contributed by atoms with van der Waals surface area (Å²) in [6, 6.07) is 0. The van der Waals surface area contributed by atoms with Crippen molar-refractivity contribution in [1.29, 1.82) is 0 Å². The molecule has 0 aliphatic rings. The molecule has 0 aromatic rings. The third kappa shape index (κ3) is 5.31. The number of esters is 1. The highest BCUT2D eigenvalue weighted by Gasteiger charge is 1.93. The molecular weight excluding hydrogens is 132 g/mol. The molecule has 0 unspecified atom stereocenters. The molecule has 0 N–H and O–H groups in total. The Balaban J connectivity index is 3.22. The van der Waals surface area contributed by atoms with Crippen LogP contribution in [0.1, 0.15) is 13.3 Å². The molecule has 3 heteroatoms. The zero-order valence-electron chi connectivity index (χ0n) is 6.00. The highest BCUT2D eigenvalue weighted by Crippen LogP contribution is 1.84. The summed E-state index contributed by atoms with van der Waals surface area (Å²) in [5.74, 6) is -0.379. The van der Waals surface area contributed by atoms with Gasteiger partial charge in [-0.1, -0.05) is 6.08 Å². The molecule has 0 spiro atoms. The second-order valence-corrected chi connectivity index (χ2v) is 1.73. The summed E-state index contributed by atoms with van der Waals surface area (Å²) in [5.41, 5.74) is 0. The largest absolute Gasteiger partial charge is 0.462 e. The van der Waals surface area contributed by atoms with Crippen LogP contribution in [-0.2, 0) is 14.6 Å². The van der Waals surface area contributed by atoms with Crippen LogP contribution in [-0.4, -0.2) is 19.2 Å². The van der Waals surface area contributed by atoms with E-state index in [-0.39, 0.29) is 19.2 Å². The standard InChI is InChI=1S/C7H11O3/c1-2-4-7(9)10-6-3-5-8/h2,4H,3,5-6H2,1H3. The number of carbonyl (C=O) groups is 1. The minimum atomic E-state index is -0.379. The van der Waals surface area contributed by atoms with Crippen molar-refractivity contribution >= 4 is 5.97 Å². The number of ether oxygens (including phenoxy) is 1. The van der Waals surface area contributed by atoms with Crippen LogP contribution < -0.4 is 0 Å². The minimum absolute atomic E-state index is 0.191. The maximum Gasteiger partial charge on any atom is 0.330 e. The van der Waals surface area contributed by atoms with E-state index in [9.17, 15) is 9.90 Å². The van der Waals surface area contributed by atoms with Gasteiger partial charge in [-0.3, -0.25) is 0 Å². The van der Waals surface area contributed by atoms with Crippen LogP contribution in [0.5, 0.6) is 0 Å². The van der Waals surface area contributed by atoms with Crippen LogP contribution in [0.4, 0.5) is 0 Å². The molecule has 0 aromatic heterocycles. The number of hydrogen-bond donors (Lipinski definition) is 0. The summed E-state index contributed by atoms with van der Waals surface area (Å²) in [6.45, 7) is 1.77. The fourth-order valence-corrected chi connectivity index (χ4v) is 0.416. The molecule has 0 fully saturated rings. The van der Waals surface area contributed by atoms with E-state index in [0.29, 0.717) is 6.42 Å². The number of allylic oxidation sites excluding steroid dienone is 1. The first-order valence-corrected chi connectivity index (χ1v) is 3.18. The number of carbonyl (C=O) groups excluding carboxylic acids is 1. The Kier molecular flexibility index (Phi) is 5.77. The fourth-order valence-electron chi connectivity index (χ4n) is 0.416. The molecule has 0 aliphatic carbocycles.